The largest absolute Gasteiger partial charge is 0.476 e. The summed E-state index contributed by atoms with van der Waals surface area (Å²) in [5, 5.41) is 8.74. The number of carbonyl (C=O) groups is 1. The van der Waals surface area contributed by atoms with Crippen molar-refractivity contribution >= 4 is 27.5 Å². The van der Waals surface area contributed by atoms with Crippen molar-refractivity contribution < 1.29 is 9.90 Å². The second kappa shape index (κ2) is 3.09. The summed E-state index contributed by atoms with van der Waals surface area (Å²) in [6.07, 6.45) is 3.28. The van der Waals surface area contributed by atoms with Crippen molar-refractivity contribution in [3.8, 4) is 0 Å². The molecule has 0 fully saturated rings. The van der Waals surface area contributed by atoms with E-state index in [1.54, 1.807) is 10.6 Å². The average Bonchev–Trinajstić information content (AvgIpc) is 2.48. The molecule has 0 spiro atoms. The maximum Gasteiger partial charge on any atom is 0.356 e. The molecule has 5 heteroatoms. The van der Waals surface area contributed by atoms with Gasteiger partial charge < -0.3 is 9.51 Å². The summed E-state index contributed by atoms with van der Waals surface area (Å²) >= 11 is 3.37. The number of fused-ring (bicyclic) bond motifs is 1. The molecule has 4 nitrogen and oxygen atoms in total. The molecule has 0 saturated heterocycles. The molecule has 2 aromatic heterocycles. The number of nitrogens with zero attached hydrogens (tertiary/aromatic N) is 2. The van der Waals surface area contributed by atoms with E-state index in [0.29, 0.717) is 5.65 Å². The fourth-order valence-corrected chi connectivity index (χ4v) is 1.54. The van der Waals surface area contributed by atoms with Gasteiger partial charge in [-0.1, -0.05) is 0 Å². The van der Waals surface area contributed by atoms with Gasteiger partial charge in [-0.3, -0.25) is 0 Å². The Balaban J connectivity index is 2.72. The van der Waals surface area contributed by atoms with E-state index in [9.17, 15) is 4.79 Å². The van der Waals surface area contributed by atoms with E-state index in [4.69, 9.17) is 5.11 Å². The first-order chi connectivity index (χ1) is 6.58. The van der Waals surface area contributed by atoms with Crippen LogP contribution in [0.3, 0.4) is 0 Å². The molecule has 0 saturated carbocycles. The SMILES string of the molecule is Cc1cc2nc(C(=O)O)cn2cc1Br. The third kappa shape index (κ3) is 1.39. The zero-order valence-electron chi connectivity index (χ0n) is 7.36. The molecule has 0 aliphatic rings. The lowest BCUT2D eigenvalue weighted by atomic mass is 10.3. The molecule has 0 aliphatic heterocycles. The Kier molecular flexibility index (Phi) is 2.03. The molecule has 72 valence electrons. The van der Waals surface area contributed by atoms with E-state index in [2.05, 4.69) is 20.9 Å². The molecule has 2 rings (SSSR count). The van der Waals surface area contributed by atoms with Crippen LogP contribution in [0.15, 0.2) is 22.9 Å². The van der Waals surface area contributed by atoms with Gasteiger partial charge in [0, 0.05) is 16.9 Å². The molecular weight excluding hydrogens is 248 g/mol. The summed E-state index contributed by atoms with van der Waals surface area (Å²) in [4.78, 5) is 14.6. The van der Waals surface area contributed by atoms with Gasteiger partial charge in [0.05, 0.1) is 0 Å². The predicted octanol–water partition coefficient (Wildman–Crippen LogP) is 2.10. The number of aryl methyl sites for hydroxylation is 1. The Morgan fingerprint density at radius 2 is 2.29 bits per heavy atom. The first-order valence-electron chi connectivity index (χ1n) is 3.96. The van der Waals surface area contributed by atoms with E-state index < -0.39 is 5.97 Å². The van der Waals surface area contributed by atoms with Gasteiger partial charge >= 0.3 is 5.97 Å². The number of aromatic nitrogens is 2. The fourth-order valence-electron chi connectivity index (χ4n) is 1.21. The molecule has 1 N–H and O–H groups in total. The van der Waals surface area contributed by atoms with E-state index in [0.717, 1.165) is 10.0 Å². The van der Waals surface area contributed by atoms with Crippen molar-refractivity contribution in [2.75, 3.05) is 0 Å². The first kappa shape index (κ1) is 9.21. The predicted molar refractivity (Wildman–Crippen MR) is 54.6 cm³/mol. The van der Waals surface area contributed by atoms with E-state index in [-0.39, 0.29) is 5.69 Å². The maximum atomic E-state index is 10.7. The molecule has 0 unspecified atom stereocenters. The Labute approximate surface area is 88.3 Å². The quantitative estimate of drug-likeness (QED) is 0.848. The molecule has 14 heavy (non-hydrogen) atoms. The number of hydrogen-bond acceptors (Lipinski definition) is 2. The number of carboxylic acid groups (broad SMARTS) is 1. The van der Waals surface area contributed by atoms with Gasteiger partial charge in [-0.15, -0.1) is 0 Å². The topological polar surface area (TPSA) is 54.6 Å². The number of aromatic carboxylic acids is 1. The number of rotatable bonds is 1. The minimum absolute atomic E-state index is 0.0579. The van der Waals surface area contributed by atoms with Gasteiger partial charge in [0.15, 0.2) is 5.69 Å². The lowest BCUT2D eigenvalue weighted by Crippen LogP contribution is -1.94. The van der Waals surface area contributed by atoms with Crippen LogP contribution < -0.4 is 0 Å². The third-order valence-corrected chi connectivity index (χ3v) is 2.78. The maximum absolute atomic E-state index is 10.7. The van der Waals surface area contributed by atoms with Crippen molar-refractivity contribution in [2.45, 2.75) is 6.92 Å². The highest BCUT2D eigenvalue weighted by Gasteiger charge is 2.09. The van der Waals surface area contributed by atoms with Crippen molar-refractivity contribution in [1.29, 1.82) is 0 Å². The molecule has 0 amide bonds. The molecule has 0 aliphatic carbocycles. The highest BCUT2D eigenvalue weighted by molar-refractivity contribution is 9.10. The lowest BCUT2D eigenvalue weighted by molar-refractivity contribution is 0.0691. The summed E-state index contributed by atoms with van der Waals surface area (Å²) < 4.78 is 2.61. The average molecular weight is 255 g/mol. The van der Waals surface area contributed by atoms with Gasteiger partial charge in [0.1, 0.15) is 5.65 Å². The molecule has 2 heterocycles. The van der Waals surface area contributed by atoms with E-state index in [1.807, 2.05) is 13.0 Å². The fraction of sp³-hybridized carbons (Fsp3) is 0.111. The molecule has 0 atom stereocenters. The number of halogens is 1. The first-order valence-corrected chi connectivity index (χ1v) is 4.75. The Morgan fingerprint density at radius 1 is 1.57 bits per heavy atom. The number of hydrogen-bond donors (Lipinski definition) is 1. The van der Waals surface area contributed by atoms with E-state index in [1.165, 1.54) is 6.20 Å². The molecule has 2 aromatic rings. The molecule has 0 aromatic carbocycles. The number of carboxylic acids is 1. The van der Waals surface area contributed by atoms with Crippen LogP contribution in [0.5, 0.6) is 0 Å². The minimum Gasteiger partial charge on any atom is -0.476 e. The highest BCUT2D eigenvalue weighted by atomic mass is 79.9. The van der Waals surface area contributed by atoms with Crippen LogP contribution in [0.4, 0.5) is 0 Å². The summed E-state index contributed by atoms with van der Waals surface area (Å²) in [6.45, 7) is 1.93. The minimum atomic E-state index is -1.01. The van der Waals surface area contributed by atoms with Crippen molar-refractivity contribution in [1.82, 2.24) is 9.38 Å². The molecular formula is C9H7BrN2O2. The summed E-state index contributed by atoms with van der Waals surface area (Å²) in [7, 11) is 0. The van der Waals surface area contributed by atoms with Gasteiger partial charge in [0.25, 0.3) is 0 Å². The Morgan fingerprint density at radius 3 is 2.93 bits per heavy atom. The van der Waals surface area contributed by atoms with Crippen LogP contribution >= 0.6 is 15.9 Å². The van der Waals surface area contributed by atoms with Crippen LogP contribution in [-0.2, 0) is 0 Å². The zero-order valence-corrected chi connectivity index (χ0v) is 8.95. The monoisotopic (exact) mass is 254 g/mol. The highest BCUT2D eigenvalue weighted by Crippen LogP contribution is 2.17. The van der Waals surface area contributed by atoms with Crippen molar-refractivity contribution in [3.63, 3.8) is 0 Å². The normalized spacial score (nSPS) is 10.7. The summed E-state index contributed by atoms with van der Waals surface area (Å²) in [6, 6.07) is 1.83. The number of pyridine rings is 1. The standard InChI is InChI=1S/C9H7BrN2O2/c1-5-2-8-11-7(9(13)14)4-12(8)3-6(5)10/h2-4H,1H3,(H,13,14). The van der Waals surface area contributed by atoms with Crippen LogP contribution in [-0.4, -0.2) is 20.5 Å². The van der Waals surface area contributed by atoms with E-state index >= 15 is 0 Å². The second-order valence-corrected chi connectivity index (χ2v) is 3.86. The van der Waals surface area contributed by atoms with Crippen LogP contribution in [0.1, 0.15) is 16.1 Å². The summed E-state index contributed by atoms with van der Waals surface area (Å²) in [5.74, 6) is -1.01. The second-order valence-electron chi connectivity index (χ2n) is 3.00. The van der Waals surface area contributed by atoms with Crippen LogP contribution in [0.2, 0.25) is 0 Å². The summed E-state index contributed by atoms with van der Waals surface area (Å²) in [5.41, 5.74) is 1.73. The number of imidazole rings is 1. The Hall–Kier alpha value is -1.36. The van der Waals surface area contributed by atoms with Gasteiger partial charge in [-0.2, -0.15) is 0 Å². The third-order valence-electron chi connectivity index (χ3n) is 1.95. The van der Waals surface area contributed by atoms with Crippen molar-refractivity contribution in [2.24, 2.45) is 0 Å². The Bertz CT molecular complexity index is 480. The molecule has 0 bridgehead atoms. The van der Waals surface area contributed by atoms with Crippen molar-refractivity contribution in [3.05, 3.63) is 34.2 Å². The molecule has 0 radical (unpaired) electrons. The van der Waals surface area contributed by atoms with Crippen LogP contribution in [0.25, 0.3) is 5.65 Å². The van der Waals surface area contributed by atoms with Gasteiger partial charge in [-0.05, 0) is 34.5 Å². The van der Waals surface area contributed by atoms with Gasteiger partial charge in [0.2, 0.25) is 0 Å². The lowest BCUT2D eigenvalue weighted by Gasteiger charge is -1.98. The zero-order chi connectivity index (χ0) is 10.3. The van der Waals surface area contributed by atoms with Gasteiger partial charge in [-0.25, -0.2) is 9.78 Å². The smallest absolute Gasteiger partial charge is 0.356 e. The van der Waals surface area contributed by atoms with Crippen LogP contribution in [0, 0.1) is 6.92 Å².